The molecule has 0 unspecified atom stereocenters. The number of rotatable bonds is 8. The molecule has 0 spiro atoms. The summed E-state index contributed by atoms with van der Waals surface area (Å²) in [6.07, 6.45) is 4.03. The molecule has 1 aliphatic rings. The first-order valence-electron chi connectivity index (χ1n) is 10.7. The molecule has 1 aromatic heterocycles. The fraction of sp³-hybridized carbons (Fsp3) is 0.250. The number of aromatic nitrogens is 2. The summed E-state index contributed by atoms with van der Waals surface area (Å²) >= 11 is 0. The van der Waals surface area contributed by atoms with Gasteiger partial charge in [-0.15, -0.1) is 0 Å². The second kappa shape index (κ2) is 9.56. The maximum Gasteiger partial charge on any atom is 0.404 e. The molecule has 9 heteroatoms. The maximum absolute atomic E-state index is 13.1. The molecule has 170 valence electrons. The Hall–Kier alpha value is -4.14. The van der Waals surface area contributed by atoms with E-state index in [1.807, 2.05) is 37.3 Å². The first-order chi connectivity index (χ1) is 15.9. The van der Waals surface area contributed by atoms with Gasteiger partial charge in [-0.3, -0.25) is 14.2 Å². The van der Waals surface area contributed by atoms with Crippen LogP contribution in [-0.4, -0.2) is 32.7 Å². The van der Waals surface area contributed by atoms with Crippen molar-refractivity contribution in [2.45, 2.75) is 38.9 Å². The first-order valence-corrected chi connectivity index (χ1v) is 10.7. The molecule has 3 aromatic rings. The molecule has 0 aliphatic heterocycles. The molecular weight excluding hydrogens is 422 g/mol. The monoisotopic (exact) mass is 447 g/mol. The number of benzene rings is 2. The molecule has 1 aliphatic carbocycles. The van der Waals surface area contributed by atoms with Gasteiger partial charge in [-0.2, -0.15) is 0 Å². The van der Waals surface area contributed by atoms with E-state index in [0.29, 0.717) is 17.8 Å². The number of aryl methyl sites for hydroxylation is 1. The van der Waals surface area contributed by atoms with Crippen LogP contribution in [0.1, 0.15) is 39.9 Å². The van der Waals surface area contributed by atoms with Crippen LogP contribution in [0.3, 0.4) is 0 Å². The Bertz CT molecular complexity index is 1250. The predicted molar refractivity (Wildman–Crippen MR) is 124 cm³/mol. The summed E-state index contributed by atoms with van der Waals surface area (Å²) in [7, 11) is 0. The highest BCUT2D eigenvalue weighted by atomic mass is 16.4. The molecular formula is C24H25N5O4. The zero-order valence-electron chi connectivity index (χ0n) is 18.2. The van der Waals surface area contributed by atoms with Crippen molar-refractivity contribution in [1.82, 2.24) is 20.2 Å². The third-order valence-electron chi connectivity index (χ3n) is 5.38. The van der Waals surface area contributed by atoms with Crippen LogP contribution in [0.5, 0.6) is 0 Å². The van der Waals surface area contributed by atoms with Crippen molar-refractivity contribution in [1.29, 1.82) is 0 Å². The molecule has 1 fully saturated rings. The Balaban J connectivity index is 1.52. The fourth-order valence-electron chi connectivity index (χ4n) is 3.44. The van der Waals surface area contributed by atoms with Crippen molar-refractivity contribution in [3.63, 3.8) is 0 Å². The standard InChI is InChI=1S/C24H25N5O4/c1-15-5-6-18(22(30)28-19-7-8-19)12-20(15)29-10-9-25-21(23(29)31)26-13-16-3-2-4-17(11-16)14-27-24(32)33/h2-6,9-12,19,27H,7-8,13-14H2,1H3,(H,25,26)(H,28,30)(H,32,33). The highest BCUT2D eigenvalue weighted by molar-refractivity contribution is 5.95. The van der Waals surface area contributed by atoms with Crippen molar-refractivity contribution in [3.05, 3.63) is 87.5 Å². The van der Waals surface area contributed by atoms with Gasteiger partial charge in [-0.1, -0.05) is 30.3 Å². The summed E-state index contributed by atoms with van der Waals surface area (Å²) in [5.74, 6) is 0.0373. The van der Waals surface area contributed by atoms with Crippen molar-refractivity contribution >= 4 is 17.8 Å². The van der Waals surface area contributed by atoms with Crippen LogP contribution >= 0.6 is 0 Å². The summed E-state index contributed by atoms with van der Waals surface area (Å²) in [6.45, 7) is 2.42. The molecule has 0 radical (unpaired) electrons. The van der Waals surface area contributed by atoms with Crippen LogP contribution < -0.4 is 21.5 Å². The van der Waals surface area contributed by atoms with E-state index in [2.05, 4.69) is 20.9 Å². The van der Waals surface area contributed by atoms with E-state index in [1.54, 1.807) is 18.3 Å². The Labute approximate surface area is 190 Å². The molecule has 4 rings (SSSR count). The van der Waals surface area contributed by atoms with Crippen LogP contribution in [0.15, 0.2) is 59.7 Å². The zero-order valence-corrected chi connectivity index (χ0v) is 18.2. The first kappa shape index (κ1) is 22.1. The Morgan fingerprint density at radius 2 is 1.88 bits per heavy atom. The Morgan fingerprint density at radius 3 is 2.61 bits per heavy atom. The smallest absolute Gasteiger partial charge is 0.404 e. The van der Waals surface area contributed by atoms with E-state index in [4.69, 9.17) is 5.11 Å². The van der Waals surface area contributed by atoms with Gasteiger partial charge in [0.15, 0.2) is 5.82 Å². The number of carboxylic acid groups (broad SMARTS) is 1. The van der Waals surface area contributed by atoms with Gasteiger partial charge >= 0.3 is 6.09 Å². The molecule has 33 heavy (non-hydrogen) atoms. The quantitative estimate of drug-likeness (QED) is 0.421. The van der Waals surface area contributed by atoms with Crippen molar-refractivity contribution in [2.75, 3.05) is 5.32 Å². The number of nitrogens with zero attached hydrogens (tertiary/aromatic N) is 2. The lowest BCUT2D eigenvalue weighted by molar-refractivity contribution is 0.0951. The van der Waals surface area contributed by atoms with Gasteiger partial charge in [0.2, 0.25) is 0 Å². The average Bonchev–Trinajstić information content (AvgIpc) is 3.62. The van der Waals surface area contributed by atoms with Crippen LogP contribution in [0.25, 0.3) is 5.69 Å². The number of anilines is 1. The van der Waals surface area contributed by atoms with E-state index in [9.17, 15) is 14.4 Å². The highest BCUT2D eigenvalue weighted by Gasteiger charge is 2.24. The summed E-state index contributed by atoms with van der Waals surface area (Å²) < 4.78 is 1.48. The largest absolute Gasteiger partial charge is 0.465 e. The number of carbonyl (C=O) groups excluding carboxylic acids is 1. The van der Waals surface area contributed by atoms with Gasteiger partial charge in [0.1, 0.15) is 0 Å². The van der Waals surface area contributed by atoms with E-state index >= 15 is 0 Å². The van der Waals surface area contributed by atoms with Gasteiger partial charge in [0, 0.05) is 37.1 Å². The van der Waals surface area contributed by atoms with Gasteiger partial charge in [0.25, 0.3) is 11.5 Å². The average molecular weight is 447 g/mol. The summed E-state index contributed by atoms with van der Waals surface area (Å²) in [5, 5.41) is 17.1. The van der Waals surface area contributed by atoms with Crippen LogP contribution in [0.4, 0.5) is 10.6 Å². The van der Waals surface area contributed by atoms with Gasteiger partial charge in [-0.25, -0.2) is 9.78 Å². The molecule has 0 atom stereocenters. The van der Waals surface area contributed by atoms with Gasteiger partial charge in [0.05, 0.1) is 5.69 Å². The van der Waals surface area contributed by atoms with Crippen molar-refractivity contribution in [2.24, 2.45) is 0 Å². The van der Waals surface area contributed by atoms with Crippen LogP contribution in [-0.2, 0) is 13.1 Å². The van der Waals surface area contributed by atoms with Crippen LogP contribution in [0.2, 0.25) is 0 Å². The molecule has 0 bridgehead atoms. The van der Waals surface area contributed by atoms with E-state index in [-0.39, 0.29) is 29.9 Å². The Kier molecular flexibility index (Phi) is 6.39. The van der Waals surface area contributed by atoms with E-state index < -0.39 is 6.09 Å². The number of nitrogens with one attached hydrogen (secondary N) is 3. The topological polar surface area (TPSA) is 125 Å². The lowest BCUT2D eigenvalue weighted by Crippen LogP contribution is -2.26. The minimum absolute atomic E-state index is 0.142. The molecule has 1 heterocycles. The highest BCUT2D eigenvalue weighted by Crippen LogP contribution is 2.21. The minimum Gasteiger partial charge on any atom is -0.465 e. The molecule has 1 saturated carbocycles. The lowest BCUT2D eigenvalue weighted by Gasteiger charge is -2.13. The van der Waals surface area contributed by atoms with E-state index in [0.717, 1.165) is 29.5 Å². The molecule has 4 N–H and O–H groups in total. The molecule has 0 saturated heterocycles. The second-order valence-corrected chi connectivity index (χ2v) is 8.03. The second-order valence-electron chi connectivity index (χ2n) is 8.03. The van der Waals surface area contributed by atoms with Crippen molar-refractivity contribution in [3.8, 4) is 5.69 Å². The van der Waals surface area contributed by atoms with E-state index in [1.165, 1.54) is 10.8 Å². The minimum atomic E-state index is -1.09. The van der Waals surface area contributed by atoms with Gasteiger partial charge < -0.3 is 21.1 Å². The molecule has 2 aromatic carbocycles. The van der Waals surface area contributed by atoms with Crippen molar-refractivity contribution < 1.29 is 14.7 Å². The summed E-state index contributed by atoms with van der Waals surface area (Å²) in [5.41, 5.74) is 3.35. The Morgan fingerprint density at radius 1 is 1.12 bits per heavy atom. The van der Waals surface area contributed by atoms with Gasteiger partial charge in [-0.05, 0) is 48.6 Å². The number of carbonyl (C=O) groups is 2. The molecule has 9 nitrogen and oxygen atoms in total. The third-order valence-corrected chi connectivity index (χ3v) is 5.38. The molecule has 2 amide bonds. The zero-order chi connectivity index (χ0) is 23.4. The predicted octanol–water partition coefficient (Wildman–Crippen LogP) is 2.81. The SMILES string of the molecule is Cc1ccc(C(=O)NC2CC2)cc1-n1ccnc(NCc2cccc(CNC(=O)O)c2)c1=O. The number of hydrogen-bond donors (Lipinski definition) is 4. The summed E-state index contributed by atoms with van der Waals surface area (Å²) in [6, 6.07) is 12.9. The number of hydrogen-bond acceptors (Lipinski definition) is 5. The lowest BCUT2D eigenvalue weighted by atomic mass is 10.1. The maximum atomic E-state index is 13.1. The number of amides is 2. The van der Waals surface area contributed by atoms with Crippen LogP contribution in [0, 0.1) is 6.92 Å². The third kappa shape index (κ3) is 5.57. The fourth-order valence-corrected chi connectivity index (χ4v) is 3.44. The summed E-state index contributed by atoms with van der Waals surface area (Å²) in [4.78, 5) is 40.4. The normalized spacial score (nSPS) is 12.8.